The van der Waals surface area contributed by atoms with Crippen LogP contribution in [0.25, 0.3) is 22.2 Å². The third-order valence-corrected chi connectivity index (χ3v) is 8.09. The van der Waals surface area contributed by atoms with Gasteiger partial charge in [0.15, 0.2) is 0 Å². The molecule has 0 spiro atoms. The second kappa shape index (κ2) is 10.7. The highest BCUT2D eigenvalue weighted by atomic mass is 15.3. The number of nitrogens with zero attached hydrogens (tertiary/aromatic N) is 4. The van der Waals surface area contributed by atoms with Crippen molar-refractivity contribution in [3.05, 3.63) is 47.8 Å². The molecule has 0 radical (unpaired) electrons. The van der Waals surface area contributed by atoms with E-state index in [2.05, 4.69) is 83.8 Å². The topological polar surface area (TPSA) is 38.4 Å². The van der Waals surface area contributed by atoms with Gasteiger partial charge in [-0.15, -0.1) is 0 Å². The van der Waals surface area contributed by atoms with Gasteiger partial charge in [0, 0.05) is 72.3 Å². The van der Waals surface area contributed by atoms with E-state index in [1.54, 1.807) is 0 Å². The first-order valence-electron chi connectivity index (χ1n) is 13.8. The highest BCUT2D eigenvalue weighted by molar-refractivity contribution is 5.94. The van der Waals surface area contributed by atoms with Crippen LogP contribution in [-0.4, -0.2) is 65.1 Å². The van der Waals surface area contributed by atoms with Crippen LogP contribution in [0.2, 0.25) is 0 Å². The third kappa shape index (κ3) is 5.73. The van der Waals surface area contributed by atoms with Crippen LogP contribution >= 0.6 is 0 Å². The van der Waals surface area contributed by atoms with Crippen LogP contribution in [0.15, 0.2) is 36.4 Å². The van der Waals surface area contributed by atoms with Crippen molar-refractivity contribution in [2.45, 2.75) is 66.0 Å². The number of pyridine rings is 1. The van der Waals surface area contributed by atoms with E-state index in [-0.39, 0.29) is 0 Å². The molecule has 0 unspecified atom stereocenters. The van der Waals surface area contributed by atoms with E-state index in [4.69, 9.17) is 4.98 Å². The minimum Gasteiger partial charge on any atom is -0.369 e. The zero-order chi connectivity index (χ0) is 24.4. The summed E-state index contributed by atoms with van der Waals surface area (Å²) >= 11 is 0. The Hall–Kier alpha value is -2.37. The zero-order valence-corrected chi connectivity index (χ0v) is 22.2. The second-order valence-electron chi connectivity index (χ2n) is 11.2. The molecule has 2 aromatic heterocycles. The number of benzene rings is 1. The molecule has 35 heavy (non-hydrogen) atoms. The van der Waals surface area contributed by atoms with E-state index in [9.17, 15) is 0 Å². The Morgan fingerprint density at radius 2 is 1.63 bits per heavy atom. The fourth-order valence-electron chi connectivity index (χ4n) is 5.93. The molecule has 0 atom stereocenters. The summed E-state index contributed by atoms with van der Waals surface area (Å²) in [5.41, 5.74) is 7.20. The van der Waals surface area contributed by atoms with E-state index in [1.807, 2.05) is 0 Å². The normalized spacial score (nSPS) is 19.4. The number of nitrogens with one attached hydrogen (secondary N) is 1. The molecule has 2 aliphatic heterocycles. The molecule has 5 nitrogen and oxygen atoms in total. The maximum Gasteiger partial charge on any atom is 0.0799 e. The number of rotatable bonds is 5. The van der Waals surface area contributed by atoms with Gasteiger partial charge < -0.3 is 9.88 Å². The summed E-state index contributed by atoms with van der Waals surface area (Å²) in [5.74, 6) is 0.887. The molecule has 0 bridgehead atoms. The highest BCUT2D eigenvalue weighted by Gasteiger charge is 2.20. The standard InChI is InChI=1S/C30H43N5/c1-22(2)34-15-17-35(18-16-34)27-11-9-25(10-12-27)30-28-20-26(32-29(28)19-24(4)31-30)21-33-13-5-7-23(3)8-6-14-33/h9-12,19-20,22-23,32H,5-8,13-18,21H2,1-4H3. The van der Waals surface area contributed by atoms with Crippen molar-refractivity contribution in [3.63, 3.8) is 0 Å². The summed E-state index contributed by atoms with van der Waals surface area (Å²) in [7, 11) is 0. The number of aromatic amines is 1. The van der Waals surface area contributed by atoms with Gasteiger partial charge in [0.1, 0.15) is 0 Å². The largest absolute Gasteiger partial charge is 0.369 e. The van der Waals surface area contributed by atoms with E-state index < -0.39 is 0 Å². The van der Waals surface area contributed by atoms with Crippen molar-refractivity contribution in [3.8, 4) is 11.3 Å². The first-order chi connectivity index (χ1) is 17.0. The van der Waals surface area contributed by atoms with Crippen LogP contribution in [0.4, 0.5) is 5.69 Å². The lowest BCUT2D eigenvalue weighted by Gasteiger charge is -2.38. The minimum absolute atomic E-state index is 0.633. The van der Waals surface area contributed by atoms with Gasteiger partial charge in [0.25, 0.3) is 0 Å². The monoisotopic (exact) mass is 473 g/mol. The molecule has 1 N–H and O–H groups in total. The number of aryl methyl sites for hydroxylation is 1. The van der Waals surface area contributed by atoms with Crippen LogP contribution in [0, 0.1) is 12.8 Å². The van der Waals surface area contributed by atoms with Gasteiger partial charge in [-0.2, -0.15) is 0 Å². The lowest BCUT2D eigenvalue weighted by atomic mass is 9.97. The van der Waals surface area contributed by atoms with Gasteiger partial charge in [0.2, 0.25) is 0 Å². The molecule has 2 fully saturated rings. The first kappa shape index (κ1) is 24.3. The molecule has 5 rings (SSSR count). The zero-order valence-electron chi connectivity index (χ0n) is 22.2. The molecule has 188 valence electrons. The summed E-state index contributed by atoms with van der Waals surface area (Å²) in [6.07, 6.45) is 5.35. The Morgan fingerprint density at radius 1 is 0.943 bits per heavy atom. The maximum atomic E-state index is 4.99. The Kier molecular flexibility index (Phi) is 7.45. The highest BCUT2D eigenvalue weighted by Crippen LogP contribution is 2.31. The van der Waals surface area contributed by atoms with E-state index in [0.717, 1.165) is 50.0 Å². The lowest BCUT2D eigenvalue weighted by Crippen LogP contribution is -2.48. The molecule has 2 saturated heterocycles. The van der Waals surface area contributed by atoms with E-state index in [1.165, 1.54) is 66.6 Å². The number of hydrogen-bond donors (Lipinski definition) is 1. The fraction of sp³-hybridized carbons (Fsp3) is 0.567. The second-order valence-corrected chi connectivity index (χ2v) is 11.2. The number of hydrogen-bond acceptors (Lipinski definition) is 4. The van der Waals surface area contributed by atoms with Gasteiger partial charge in [-0.3, -0.25) is 14.8 Å². The predicted molar refractivity (Wildman–Crippen MR) is 148 cm³/mol. The molecule has 5 heteroatoms. The van der Waals surface area contributed by atoms with Crippen molar-refractivity contribution in [1.29, 1.82) is 0 Å². The predicted octanol–water partition coefficient (Wildman–Crippen LogP) is 6.08. The van der Waals surface area contributed by atoms with Crippen LogP contribution in [0.5, 0.6) is 0 Å². The van der Waals surface area contributed by atoms with Gasteiger partial charge in [0.05, 0.1) is 5.69 Å². The van der Waals surface area contributed by atoms with Gasteiger partial charge in [-0.05, 0) is 89.7 Å². The number of H-pyrrole nitrogens is 1. The Balaban J connectivity index is 1.33. The van der Waals surface area contributed by atoms with Crippen LogP contribution in [-0.2, 0) is 6.54 Å². The lowest BCUT2D eigenvalue weighted by molar-refractivity contribution is 0.209. The van der Waals surface area contributed by atoms with Crippen LogP contribution < -0.4 is 4.90 Å². The number of fused-ring (bicyclic) bond motifs is 1. The number of likely N-dealkylation sites (tertiary alicyclic amines) is 1. The summed E-state index contributed by atoms with van der Waals surface area (Å²) in [5, 5.41) is 1.24. The van der Waals surface area contributed by atoms with Crippen molar-refractivity contribution in [2.75, 3.05) is 44.2 Å². The summed E-state index contributed by atoms with van der Waals surface area (Å²) < 4.78 is 0. The quantitative estimate of drug-likeness (QED) is 0.487. The average molecular weight is 474 g/mol. The molecule has 3 aromatic rings. The SMILES string of the molecule is Cc1cc2[nH]c(CN3CCCC(C)CCC3)cc2c(-c2ccc(N3CCN(C(C)C)CC3)cc2)n1. The maximum absolute atomic E-state index is 4.99. The van der Waals surface area contributed by atoms with Crippen molar-refractivity contribution in [1.82, 2.24) is 19.8 Å². The Bertz CT molecular complexity index is 1100. The minimum atomic E-state index is 0.633. The first-order valence-corrected chi connectivity index (χ1v) is 13.8. The Labute approximate surface area is 211 Å². The van der Waals surface area contributed by atoms with Crippen molar-refractivity contribution < 1.29 is 0 Å². The number of aromatic nitrogens is 2. The summed E-state index contributed by atoms with van der Waals surface area (Å²) in [6, 6.07) is 14.3. The van der Waals surface area contributed by atoms with Gasteiger partial charge >= 0.3 is 0 Å². The van der Waals surface area contributed by atoms with Crippen LogP contribution in [0.3, 0.4) is 0 Å². The van der Waals surface area contributed by atoms with Gasteiger partial charge in [-0.25, -0.2) is 0 Å². The molecule has 2 aliphatic rings. The molecule has 1 aromatic carbocycles. The molecule has 0 amide bonds. The van der Waals surface area contributed by atoms with E-state index >= 15 is 0 Å². The summed E-state index contributed by atoms with van der Waals surface area (Å²) in [6.45, 7) is 17.0. The molecular formula is C30H43N5. The summed E-state index contributed by atoms with van der Waals surface area (Å²) in [4.78, 5) is 16.4. The van der Waals surface area contributed by atoms with Crippen molar-refractivity contribution in [2.24, 2.45) is 5.92 Å². The third-order valence-electron chi connectivity index (χ3n) is 8.09. The van der Waals surface area contributed by atoms with Crippen LogP contribution in [0.1, 0.15) is 57.8 Å². The average Bonchev–Trinajstić information content (AvgIpc) is 3.24. The smallest absolute Gasteiger partial charge is 0.0799 e. The molecule has 0 saturated carbocycles. The fourth-order valence-corrected chi connectivity index (χ4v) is 5.93. The van der Waals surface area contributed by atoms with Crippen molar-refractivity contribution >= 4 is 16.6 Å². The molecular weight excluding hydrogens is 430 g/mol. The molecule has 0 aliphatic carbocycles. The van der Waals surface area contributed by atoms with E-state index in [0.29, 0.717) is 6.04 Å². The Morgan fingerprint density at radius 3 is 2.29 bits per heavy atom. The molecule has 4 heterocycles. The number of piperazine rings is 1. The van der Waals surface area contributed by atoms with Gasteiger partial charge in [-0.1, -0.05) is 19.1 Å². The number of anilines is 1.